The molecule has 1 saturated carbocycles. The van der Waals surface area contributed by atoms with Gasteiger partial charge < -0.3 is 15.5 Å². The molecular weight excluding hydrogens is 292 g/mol. The number of aliphatic imine (C=N–C) groups is 1. The lowest BCUT2D eigenvalue weighted by atomic mass is 9.93. The Labute approximate surface area is 141 Å². The summed E-state index contributed by atoms with van der Waals surface area (Å²) in [5, 5.41) is 7.97. The summed E-state index contributed by atoms with van der Waals surface area (Å²) in [5.74, 6) is 1.69. The highest BCUT2D eigenvalue weighted by Gasteiger charge is 2.25. The monoisotopic (exact) mass is 328 g/mol. The van der Waals surface area contributed by atoms with Crippen molar-refractivity contribution < 1.29 is 0 Å². The maximum Gasteiger partial charge on any atom is 0.191 e. The Hall–Kier alpha value is -0.420. The lowest BCUT2D eigenvalue weighted by Crippen LogP contribution is -2.49. The van der Waals surface area contributed by atoms with Crippen LogP contribution in [0.1, 0.15) is 46.0 Å². The van der Waals surface area contributed by atoms with E-state index in [1.165, 1.54) is 32.1 Å². The summed E-state index contributed by atoms with van der Waals surface area (Å²) in [6, 6.07) is 1.13. The van der Waals surface area contributed by atoms with Gasteiger partial charge in [-0.2, -0.15) is 11.8 Å². The molecule has 0 aromatic carbocycles. The predicted octanol–water partition coefficient (Wildman–Crippen LogP) is 2.80. The molecule has 1 rings (SSSR count). The SMILES string of the molecule is CCC(CC)C(CNC(=NC)NC1CCC(SC)C1)N(C)C. The number of rotatable bonds is 8. The van der Waals surface area contributed by atoms with Crippen LogP contribution in [0.4, 0.5) is 0 Å². The molecule has 0 saturated heterocycles. The van der Waals surface area contributed by atoms with E-state index in [1.54, 1.807) is 0 Å². The van der Waals surface area contributed by atoms with E-state index in [1.807, 2.05) is 18.8 Å². The molecule has 1 fully saturated rings. The number of hydrogen-bond acceptors (Lipinski definition) is 3. The van der Waals surface area contributed by atoms with Gasteiger partial charge in [0.05, 0.1) is 0 Å². The molecule has 22 heavy (non-hydrogen) atoms. The zero-order valence-electron chi connectivity index (χ0n) is 15.4. The van der Waals surface area contributed by atoms with Gasteiger partial charge in [-0.15, -0.1) is 0 Å². The molecule has 130 valence electrons. The molecule has 0 aromatic heterocycles. The molecule has 1 aliphatic rings. The van der Waals surface area contributed by atoms with Crippen molar-refractivity contribution in [1.82, 2.24) is 15.5 Å². The van der Waals surface area contributed by atoms with Crippen LogP contribution in [0.3, 0.4) is 0 Å². The highest BCUT2D eigenvalue weighted by Crippen LogP contribution is 2.28. The molecule has 4 nitrogen and oxygen atoms in total. The van der Waals surface area contributed by atoms with E-state index in [0.717, 1.165) is 23.7 Å². The third-order valence-electron chi connectivity index (χ3n) is 5.02. The van der Waals surface area contributed by atoms with E-state index in [9.17, 15) is 0 Å². The van der Waals surface area contributed by atoms with Gasteiger partial charge in [-0.25, -0.2) is 0 Å². The smallest absolute Gasteiger partial charge is 0.191 e. The summed E-state index contributed by atoms with van der Waals surface area (Å²) in [5.41, 5.74) is 0. The van der Waals surface area contributed by atoms with Crippen molar-refractivity contribution in [3.05, 3.63) is 0 Å². The molecule has 0 aromatic rings. The fraction of sp³-hybridized carbons (Fsp3) is 0.941. The Kier molecular flexibility index (Phi) is 9.25. The molecule has 0 amide bonds. The molecule has 0 heterocycles. The first-order valence-corrected chi connectivity index (χ1v) is 10.0. The Bertz CT molecular complexity index is 329. The average Bonchev–Trinajstić information content (AvgIpc) is 2.97. The Morgan fingerprint density at radius 3 is 2.41 bits per heavy atom. The van der Waals surface area contributed by atoms with Gasteiger partial charge in [-0.1, -0.05) is 26.7 Å². The molecule has 5 heteroatoms. The van der Waals surface area contributed by atoms with Crippen molar-refractivity contribution in [2.24, 2.45) is 10.9 Å². The fourth-order valence-electron chi connectivity index (χ4n) is 3.48. The first-order chi connectivity index (χ1) is 10.5. The quantitative estimate of drug-likeness (QED) is 0.531. The topological polar surface area (TPSA) is 39.7 Å². The van der Waals surface area contributed by atoms with Crippen LogP contribution in [0, 0.1) is 5.92 Å². The van der Waals surface area contributed by atoms with Crippen molar-refractivity contribution in [2.75, 3.05) is 33.9 Å². The third kappa shape index (κ3) is 5.99. The van der Waals surface area contributed by atoms with Crippen molar-refractivity contribution in [1.29, 1.82) is 0 Å². The molecule has 3 unspecified atom stereocenters. The zero-order chi connectivity index (χ0) is 16.5. The molecule has 0 radical (unpaired) electrons. The Morgan fingerprint density at radius 2 is 1.95 bits per heavy atom. The molecular formula is C17H36N4S. The van der Waals surface area contributed by atoms with E-state index in [0.29, 0.717) is 12.1 Å². The first kappa shape index (κ1) is 19.6. The largest absolute Gasteiger partial charge is 0.355 e. The van der Waals surface area contributed by atoms with Gasteiger partial charge in [0.2, 0.25) is 0 Å². The van der Waals surface area contributed by atoms with Crippen LogP contribution >= 0.6 is 11.8 Å². The minimum absolute atomic E-state index is 0.552. The second-order valence-corrected chi connectivity index (χ2v) is 7.71. The van der Waals surface area contributed by atoms with Gasteiger partial charge in [0.1, 0.15) is 0 Å². The van der Waals surface area contributed by atoms with E-state index in [2.05, 4.69) is 54.7 Å². The number of thioether (sulfide) groups is 1. The number of hydrogen-bond donors (Lipinski definition) is 2. The highest BCUT2D eigenvalue weighted by atomic mass is 32.2. The number of likely N-dealkylation sites (N-methyl/N-ethyl adjacent to an activating group) is 1. The van der Waals surface area contributed by atoms with E-state index < -0.39 is 0 Å². The van der Waals surface area contributed by atoms with Crippen LogP contribution < -0.4 is 10.6 Å². The van der Waals surface area contributed by atoms with E-state index in [4.69, 9.17) is 0 Å². The summed E-state index contributed by atoms with van der Waals surface area (Å²) in [4.78, 5) is 6.76. The van der Waals surface area contributed by atoms with Gasteiger partial charge in [0.25, 0.3) is 0 Å². The second-order valence-electron chi connectivity index (χ2n) is 6.57. The Balaban J connectivity index is 2.48. The normalized spacial score (nSPS) is 24.1. The molecule has 3 atom stereocenters. The molecule has 1 aliphatic carbocycles. The molecule has 0 spiro atoms. The van der Waals surface area contributed by atoms with Gasteiger partial charge in [0.15, 0.2) is 5.96 Å². The average molecular weight is 329 g/mol. The highest BCUT2D eigenvalue weighted by molar-refractivity contribution is 7.99. The minimum Gasteiger partial charge on any atom is -0.355 e. The zero-order valence-corrected chi connectivity index (χ0v) is 16.2. The number of nitrogens with one attached hydrogen (secondary N) is 2. The van der Waals surface area contributed by atoms with Crippen LogP contribution in [0.25, 0.3) is 0 Å². The molecule has 0 aliphatic heterocycles. The van der Waals surface area contributed by atoms with E-state index in [-0.39, 0.29) is 0 Å². The maximum absolute atomic E-state index is 4.41. The summed E-state index contributed by atoms with van der Waals surface area (Å²) >= 11 is 2.00. The standard InChI is InChI=1S/C17H36N4S/c1-7-13(8-2)16(21(4)5)12-19-17(18-3)20-14-9-10-15(11-14)22-6/h13-16H,7-12H2,1-6H3,(H2,18,19,20). The number of guanidine groups is 1. The van der Waals surface area contributed by atoms with Crippen LogP contribution in [-0.4, -0.2) is 62.1 Å². The number of nitrogens with zero attached hydrogens (tertiary/aromatic N) is 2. The van der Waals surface area contributed by atoms with Gasteiger partial charge >= 0.3 is 0 Å². The van der Waals surface area contributed by atoms with Crippen LogP contribution in [0.5, 0.6) is 0 Å². The van der Waals surface area contributed by atoms with Crippen LogP contribution in [0.2, 0.25) is 0 Å². The maximum atomic E-state index is 4.41. The van der Waals surface area contributed by atoms with Gasteiger partial charge in [-0.05, 0) is 45.5 Å². The predicted molar refractivity (Wildman–Crippen MR) is 101 cm³/mol. The van der Waals surface area contributed by atoms with E-state index >= 15 is 0 Å². The summed E-state index contributed by atoms with van der Waals surface area (Å²) in [7, 11) is 6.24. The third-order valence-corrected chi connectivity index (χ3v) is 6.11. The summed E-state index contributed by atoms with van der Waals surface area (Å²) < 4.78 is 0. The molecule has 0 bridgehead atoms. The Morgan fingerprint density at radius 1 is 1.27 bits per heavy atom. The lowest BCUT2D eigenvalue weighted by Gasteiger charge is -2.32. The fourth-order valence-corrected chi connectivity index (χ4v) is 4.27. The van der Waals surface area contributed by atoms with Crippen LogP contribution in [-0.2, 0) is 0 Å². The van der Waals surface area contributed by atoms with Crippen molar-refractivity contribution >= 4 is 17.7 Å². The van der Waals surface area contributed by atoms with Crippen molar-refractivity contribution in [2.45, 2.75) is 63.3 Å². The van der Waals surface area contributed by atoms with Crippen molar-refractivity contribution in [3.8, 4) is 0 Å². The van der Waals surface area contributed by atoms with Gasteiger partial charge in [-0.3, -0.25) is 4.99 Å². The lowest BCUT2D eigenvalue weighted by molar-refractivity contribution is 0.200. The first-order valence-electron chi connectivity index (χ1n) is 8.71. The second kappa shape index (κ2) is 10.4. The molecule has 2 N–H and O–H groups in total. The minimum atomic E-state index is 0.552. The summed E-state index contributed by atoms with van der Waals surface area (Å²) in [6.07, 6.45) is 8.51. The van der Waals surface area contributed by atoms with Gasteiger partial charge in [0, 0.05) is 30.9 Å². The summed E-state index contributed by atoms with van der Waals surface area (Å²) in [6.45, 7) is 5.54. The van der Waals surface area contributed by atoms with Crippen LogP contribution in [0.15, 0.2) is 4.99 Å². The van der Waals surface area contributed by atoms with Crippen molar-refractivity contribution in [3.63, 3.8) is 0 Å².